The Kier molecular flexibility index (Phi) is 5.86. The first-order valence-corrected chi connectivity index (χ1v) is 8.67. The van der Waals surface area contributed by atoms with E-state index < -0.39 is 0 Å². The van der Waals surface area contributed by atoms with Crippen LogP contribution in [0.1, 0.15) is 15.9 Å². The van der Waals surface area contributed by atoms with E-state index in [-0.39, 0.29) is 11.9 Å². The molecule has 6 nitrogen and oxygen atoms in total. The number of urea groups is 1. The number of nitrogens with one attached hydrogen (secondary N) is 1. The molecule has 3 amide bonds. The van der Waals surface area contributed by atoms with E-state index in [1.807, 2.05) is 36.4 Å². The molecule has 0 atom stereocenters. The third-order valence-corrected chi connectivity index (χ3v) is 4.31. The van der Waals surface area contributed by atoms with Gasteiger partial charge in [0.1, 0.15) is 0 Å². The molecule has 0 saturated carbocycles. The Bertz CT molecular complexity index is 758. The van der Waals surface area contributed by atoms with Crippen molar-refractivity contribution in [2.45, 2.75) is 6.54 Å². The topological polar surface area (TPSA) is 61.9 Å². The first kappa shape index (κ1) is 17.9. The molecule has 0 aromatic heterocycles. The first-order chi connectivity index (χ1) is 12.6. The molecule has 1 fully saturated rings. The third-order valence-electron chi connectivity index (χ3n) is 4.31. The van der Waals surface area contributed by atoms with Gasteiger partial charge in [0.15, 0.2) is 0 Å². The number of carbonyl (C=O) groups is 2. The van der Waals surface area contributed by atoms with Crippen molar-refractivity contribution >= 4 is 17.6 Å². The SMILES string of the molecule is CN(Cc1ccccc1)C(=O)Nc1ccccc1C(=O)N1CCOCC1. The predicted molar refractivity (Wildman–Crippen MR) is 100 cm³/mol. The Hall–Kier alpha value is -2.86. The highest BCUT2D eigenvalue weighted by molar-refractivity contribution is 6.03. The molecule has 1 aliphatic heterocycles. The number of amides is 3. The average molecular weight is 353 g/mol. The quantitative estimate of drug-likeness (QED) is 0.919. The number of ether oxygens (including phenoxy) is 1. The molecule has 2 aromatic rings. The number of morpholine rings is 1. The van der Waals surface area contributed by atoms with Gasteiger partial charge in [-0.3, -0.25) is 4.79 Å². The van der Waals surface area contributed by atoms with Crippen LogP contribution < -0.4 is 5.32 Å². The fourth-order valence-corrected chi connectivity index (χ4v) is 2.86. The van der Waals surface area contributed by atoms with Gasteiger partial charge in [0, 0.05) is 26.7 Å². The zero-order chi connectivity index (χ0) is 18.4. The van der Waals surface area contributed by atoms with E-state index >= 15 is 0 Å². The highest BCUT2D eigenvalue weighted by Gasteiger charge is 2.22. The van der Waals surface area contributed by atoms with Crippen molar-refractivity contribution in [1.82, 2.24) is 9.80 Å². The fourth-order valence-electron chi connectivity index (χ4n) is 2.86. The van der Waals surface area contributed by atoms with E-state index in [1.54, 1.807) is 35.0 Å². The van der Waals surface area contributed by atoms with E-state index in [2.05, 4.69) is 5.32 Å². The van der Waals surface area contributed by atoms with Crippen LogP contribution in [0.25, 0.3) is 0 Å². The summed E-state index contributed by atoms with van der Waals surface area (Å²) in [6, 6.07) is 16.6. The van der Waals surface area contributed by atoms with Gasteiger partial charge in [-0.15, -0.1) is 0 Å². The van der Waals surface area contributed by atoms with Gasteiger partial charge < -0.3 is 19.9 Å². The standard InChI is InChI=1S/C20H23N3O3/c1-22(15-16-7-3-2-4-8-16)20(25)21-18-10-6-5-9-17(18)19(24)23-11-13-26-14-12-23/h2-10H,11-15H2,1H3,(H,21,25). The smallest absolute Gasteiger partial charge is 0.321 e. The van der Waals surface area contributed by atoms with Crippen molar-refractivity contribution in [2.75, 3.05) is 38.7 Å². The molecule has 1 saturated heterocycles. The molecule has 3 rings (SSSR count). The first-order valence-electron chi connectivity index (χ1n) is 8.67. The highest BCUT2D eigenvalue weighted by Crippen LogP contribution is 2.19. The molecule has 0 radical (unpaired) electrons. The van der Waals surface area contributed by atoms with Crippen molar-refractivity contribution < 1.29 is 14.3 Å². The molecule has 1 N–H and O–H groups in total. The Morgan fingerprint density at radius 2 is 1.69 bits per heavy atom. The molecule has 0 unspecified atom stereocenters. The van der Waals surface area contributed by atoms with E-state index in [9.17, 15) is 9.59 Å². The number of anilines is 1. The zero-order valence-electron chi connectivity index (χ0n) is 14.9. The molecule has 0 aliphatic carbocycles. The second-order valence-electron chi connectivity index (χ2n) is 6.22. The molecule has 6 heteroatoms. The molecule has 2 aromatic carbocycles. The van der Waals surface area contributed by atoms with Crippen molar-refractivity contribution in [3.8, 4) is 0 Å². The molecular formula is C20H23N3O3. The molecule has 1 heterocycles. The lowest BCUT2D eigenvalue weighted by atomic mass is 10.1. The van der Waals surface area contributed by atoms with Gasteiger partial charge in [-0.25, -0.2) is 4.79 Å². The highest BCUT2D eigenvalue weighted by atomic mass is 16.5. The third kappa shape index (κ3) is 4.40. The lowest BCUT2D eigenvalue weighted by Gasteiger charge is -2.28. The summed E-state index contributed by atoms with van der Waals surface area (Å²) in [6.07, 6.45) is 0. The van der Waals surface area contributed by atoms with Crippen LogP contribution in [0.15, 0.2) is 54.6 Å². The molecule has 1 aliphatic rings. The Balaban J connectivity index is 1.69. The van der Waals surface area contributed by atoms with Crippen LogP contribution in [0, 0.1) is 0 Å². The van der Waals surface area contributed by atoms with Crippen molar-refractivity contribution in [1.29, 1.82) is 0 Å². The summed E-state index contributed by atoms with van der Waals surface area (Å²) < 4.78 is 5.30. The summed E-state index contributed by atoms with van der Waals surface area (Å²) in [5, 5.41) is 2.86. The van der Waals surface area contributed by atoms with Gasteiger partial charge in [-0.1, -0.05) is 42.5 Å². The van der Waals surface area contributed by atoms with Crippen LogP contribution in [0.2, 0.25) is 0 Å². The van der Waals surface area contributed by atoms with Gasteiger partial charge in [-0.05, 0) is 17.7 Å². The van der Waals surface area contributed by atoms with Crippen LogP contribution in [0.3, 0.4) is 0 Å². The molecule has 0 spiro atoms. The molecule has 26 heavy (non-hydrogen) atoms. The van der Waals surface area contributed by atoms with Crippen molar-refractivity contribution in [3.05, 3.63) is 65.7 Å². The summed E-state index contributed by atoms with van der Waals surface area (Å²) >= 11 is 0. The Labute approximate surface area is 153 Å². The number of rotatable bonds is 4. The summed E-state index contributed by atoms with van der Waals surface area (Å²) in [4.78, 5) is 28.6. The molecular weight excluding hydrogens is 330 g/mol. The zero-order valence-corrected chi connectivity index (χ0v) is 14.9. The maximum absolute atomic E-state index is 12.8. The van der Waals surface area contributed by atoms with Gasteiger partial charge in [0.05, 0.1) is 24.5 Å². The largest absolute Gasteiger partial charge is 0.378 e. The lowest BCUT2D eigenvalue weighted by molar-refractivity contribution is 0.0303. The maximum atomic E-state index is 12.8. The fraction of sp³-hybridized carbons (Fsp3) is 0.300. The number of nitrogens with zero attached hydrogens (tertiary/aromatic N) is 2. The van der Waals surface area contributed by atoms with E-state index in [1.165, 1.54) is 0 Å². The summed E-state index contributed by atoms with van der Waals surface area (Å²) in [6.45, 7) is 2.70. The van der Waals surface area contributed by atoms with Crippen LogP contribution in [0.5, 0.6) is 0 Å². The van der Waals surface area contributed by atoms with Crippen molar-refractivity contribution in [3.63, 3.8) is 0 Å². The van der Waals surface area contributed by atoms with E-state index in [0.717, 1.165) is 5.56 Å². The summed E-state index contributed by atoms with van der Waals surface area (Å²) in [7, 11) is 1.73. The van der Waals surface area contributed by atoms with Crippen LogP contribution in [-0.2, 0) is 11.3 Å². The summed E-state index contributed by atoms with van der Waals surface area (Å²) in [5.74, 6) is -0.0880. The second kappa shape index (κ2) is 8.49. The lowest BCUT2D eigenvalue weighted by Crippen LogP contribution is -2.41. The Morgan fingerprint density at radius 1 is 1.04 bits per heavy atom. The maximum Gasteiger partial charge on any atom is 0.321 e. The minimum absolute atomic E-state index is 0.0880. The van der Waals surface area contributed by atoms with Gasteiger partial charge in [-0.2, -0.15) is 0 Å². The number of carbonyl (C=O) groups excluding carboxylic acids is 2. The Morgan fingerprint density at radius 3 is 2.42 bits per heavy atom. The van der Waals surface area contributed by atoms with E-state index in [0.29, 0.717) is 44.1 Å². The normalized spacial score (nSPS) is 14.0. The summed E-state index contributed by atoms with van der Waals surface area (Å²) in [5.41, 5.74) is 2.06. The van der Waals surface area contributed by atoms with Crippen LogP contribution >= 0.6 is 0 Å². The minimum Gasteiger partial charge on any atom is -0.378 e. The number of hydrogen-bond donors (Lipinski definition) is 1. The van der Waals surface area contributed by atoms with Crippen LogP contribution in [0.4, 0.5) is 10.5 Å². The minimum atomic E-state index is -0.254. The van der Waals surface area contributed by atoms with E-state index in [4.69, 9.17) is 4.74 Å². The molecule has 0 bridgehead atoms. The number of benzene rings is 2. The number of para-hydroxylation sites is 1. The monoisotopic (exact) mass is 353 g/mol. The molecule has 136 valence electrons. The van der Waals surface area contributed by atoms with Crippen LogP contribution in [-0.4, -0.2) is 55.1 Å². The van der Waals surface area contributed by atoms with Gasteiger partial charge >= 0.3 is 6.03 Å². The predicted octanol–water partition coefficient (Wildman–Crippen LogP) is 2.82. The second-order valence-corrected chi connectivity index (χ2v) is 6.22. The average Bonchev–Trinajstić information content (AvgIpc) is 2.69. The van der Waals surface area contributed by atoms with Gasteiger partial charge in [0.25, 0.3) is 5.91 Å². The number of hydrogen-bond acceptors (Lipinski definition) is 3. The van der Waals surface area contributed by atoms with Crippen molar-refractivity contribution in [2.24, 2.45) is 0 Å². The van der Waals surface area contributed by atoms with Gasteiger partial charge in [0.2, 0.25) is 0 Å².